The predicted molar refractivity (Wildman–Crippen MR) is 110 cm³/mol. The fraction of sp³-hybridized carbons (Fsp3) is 0. The maximum Gasteiger partial charge on any atom is 0.272 e. The molecule has 138 valence electrons. The zero-order valence-electron chi connectivity index (χ0n) is 14.5. The second kappa shape index (κ2) is 7.74. The number of hydrogen-bond acceptors (Lipinski definition) is 3. The van der Waals surface area contributed by atoms with E-state index in [9.17, 15) is 9.18 Å². The number of imidazole rings is 1. The van der Waals surface area contributed by atoms with Gasteiger partial charge in [0.25, 0.3) is 5.91 Å². The first-order chi connectivity index (χ1) is 13.6. The van der Waals surface area contributed by atoms with Gasteiger partial charge in [0.15, 0.2) is 0 Å². The van der Waals surface area contributed by atoms with Crippen LogP contribution < -0.4 is 5.43 Å². The quantitative estimate of drug-likeness (QED) is 0.373. The van der Waals surface area contributed by atoms with Crippen LogP contribution in [0.4, 0.5) is 4.39 Å². The van der Waals surface area contributed by atoms with Gasteiger partial charge in [0.2, 0.25) is 0 Å². The number of carbonyl (C=O) groups excluding carboxylic acids is 1. The van der Waals surface area contributed by atoms with Crippen molar-refractivity contribution in [3.8, 4) is 11.3 Å². The maximum atomic E-state index is 12.9. The molecule has 2 aromatic heterocycles. The van der Waals surface area contributed by atoms with Crippen molar-refractivity contribution >= 4 is 33.7 Å². The topological polar surface area (TPSA) is 58.8 Å². The van der Waals surface area contributed by atoms with Gasteiger partial charge < -0.3 is 4.40 Å². The normalized spacial score (nSPS) is 11.2. The van der Waals surface area contributed by atoms with Crippen LogP contribution in [0, 0.1) is 5.82 Å². The molecule has 0 atom stereocenters. The first-order valence-electron chi connectivity index (χ1n) is 8.42. The number of nitrogens with one attached hydrogen (secondary N) is 1. The molecule has 0 unspecified atom stereocenters. The van der Waals surface area contributed by atoms with E-state index in [-0.39, 0.29) is 11.7 Å². The average Bonchev–Trinajstić information content (AvgIpc) is 3.13. The van der Waals surface area contributed by atoms with E-state index < -0.39 is 0 Å². The maximum absolute atomic E-state index is 12.9. The van der Waals surface area contributed by atoms with Crippen LogP contribution in [0.3, 0.4) is 0 Å². The lowest BCUT2D eigenvalue weighted by Crippen LogP contribution is -2.18. The molecule has 0 fully saturated rings. The number of rotatable bonds is 4. The van der Waals surface area contributed by atoms with Crippen LogP contribution in [0.5, 0.6) is 0 Å². The van der Waals surface area contributed by atoms with E-state index in [1.807, 2.05) is 30.5 Å². The smallest absolute Gasteiger partial charge is 0.272 e. The second-order valence-electron chi connectivity index (χ2n) is 6.07. The van der Waals surface area contributed by atoms with Crippen LogP contribution in [0.2, 0.25) is 0 Å². The molecule has 0 aliphatic rings. The Morgan fingerprint density at radius 3 is 2.54 bits per heavy atom. The fourth-order valence-electron chi connectivity index (χ4n) is 2.66. The number of carbonyl (C=O) groups is 1. The molecule has 4 aromatic rings. The summed E-state index contributed by atoms with van der Waals surface area (Å²) in [4.78, 5) is 16.9. The Balaban J connectivity index is 1.51. The van der Waals surface area contributed by atoms with E-state index >= 15 is 0 Å². The highest BCUT2D eigenvalue weighted by Crippen LogP contribution is 2.21. The zero-order valence-corrected chi connectivity index (χ0v) is 16.1. The van der Waals surface area contributed by atoms with Crippen molar-refractivity contribution < 1.29 is 9.18 Å². The molecule has 1 amide bonds. The Morgan fingerprint density at radius 2 is 1.79 bits per heavy atom. The highest BCUT2D eigenvalue weighted by molar-refractivity contribution is 9.10. The number of nitrogens with zero attached hydrogens (tertiary/aromatic N) is 3. The third-order valence-corrected chi connectivity index (χ3v) is 4.63. The Kier molecular flexibility index (Phi) is 4.99. The number of halogens is 2. The van der Waals surface area contributed by atoms with Gasteiger partial charge in [-0.2, -0.15) is 5.10 Å². The van der Waals surface area contributed by atoms with E-state index in [1.165, 1.54) is 18.3 Å². The van der Waals surface area contributed by atoms with Crippen molar-refractivity contribution in [1.82, 2.24) is 14.8 Å². The summed E-state index contributed by atoms with van der Waals surface area (Å²) in [5.41, 5.74) is 6.15. The molecule has 0 aliphatic carbocycles. The predicted octanol–water partition coefficient (Wildman–Crippen LogP) is 4.67. The largest absolute Gasteiger partial charge is 0.306 e. The number of fused-ring (bicyclic) bond motifs is 1. The van der Waals surface area contributed by atoms with Gasteiger partial charge in [-0.15, -0.1) is 0 Å². The zero-order chi connectivity index (χ0) is 19.5. The van der Waals surface area contributed by atoms with Crippen LogP contribution in [0.1, 0.15) is 15.9 Å². The highest BCUT2D eigenvalue weighted by Gasteiger charge is 2.09. The summed E-state index contributed by atoms with van der Waals surface area (Å²) in [6.45, 7) is 0. The summed E-state index contributed by atoms with van der Waals surface area (Å²) in [5, 5.41) is 3.91. The van der Waals surface area contributed by atoms with Gasteiger partial charge in [-0.1, -0.05) is 40.2 Å². The molecule has 1 N–H and O–H groups in total. The minimum absolute atomic E-state index is 0.322. The number of hydrogen-bond donors (Lipinski definition) is 1. The monoisotopic (exact) mass is 436 g/mol. The second-order valence-corrected chi connectivity index (χ2v) is 6.98. The molecule has 0 saturated heterocycles. The molecular formula is C21H14BrFN4O. The van der Waals surface area contributed by atoms with E-state index in [0.29, 0.717) is 11.1 Å². The standard InChI is InChI=1S/C21H14BrFN4O/c22-17-6-3-15(4-7-17)19-13-27-12-16(5-10-20(27)25-19)21(28)26-24-11-14-1-8-18(23)9-2-14/h1-13H,(H,26,28). The van der Waals surface area contributed by atoms with Crippen molar-refractivity contribution in [1.29, 1.82) is 0 Å². The third-order valence-electron chi connectivity index (χ3n) is 4.10. The SMILES string of the molecule is O=C(NN=Cc1ccc(F)cc1)c1ccc2nc(-c3ccc(Br)cc3)cn2c1. The van der Waals surface area contributed by atoms with Crippen LogP contribution in [-0.2, 0) is 0 Å². The molecule has 0 saturated carbocycles. The minimum atomic E-state index is -0.348. The van der Waals surface area contributed by atoms with Gasteiger partial charge in [0, 0.05) is 22.4 Å². The molecule has 2 heterocycles. The lowest BCUT2D eigenvalue weighted by atomic mass is 10.2. The van der Waals surface area contributed by atoms with E-state index in [1.54, 1.807) is 34.9 Å². The molecule has 28 heavy (non-hydrogen) atoms. The molecule has 0 spiro atoms. The van der Waals surface area contributed by atoms with Crippen molar-refractivity contribution in [2.45, 2.75) is 0 Å². The number of benzene rings is 2. The van der Waals surface area contributed by atoms with Gasteiger partial charge >= 0.3 is 0 Å². The van der Waals surface area contributed by atoms with E-state index in [0.717, 1.165) is 21.4 Å². The molecule has 5 nitrogen and oxygen atoms in total. The van der Waals surface area contributed by atoms with Crippen LogP contribution in [-0.4, -0.2) is 21.5 Å². The Hall–Kier alpha value is -3.32. The lowest BCUT2D eigenvalue weighted by Gasteiger charge is -2.01. The summed E-state index contributed by atoms with van der Waals surface area (Å²) in [6.07, 6.45) is 5.03. The first kappa shape index (κ1) is 18.1. The lowest BCUT2D eigenvalue weighted by molar-refractivity contribution is 0.0954. The minimum Gasteiger partial charge on any atom is -0.306 e. The summed E-state index contributed by atoms with van der Waals surface area (Å²) in [5.74, 6) is -0.670. The van der Waals surface area contributed by atoms with Crippen molar-refractivity contribution in [3.63, 3.8) is 0 Å². The summed E-state index contributed by atoms with van der Waals surface area (Å²) < 4.78 is 15.7. The van der Waals surface area contributed by atoms with Crippen molar-refractivity contribution in [2.24, 2.45) is 5.10 Å². The molecule has 4 rings (SSSR count). The van der Waals surface area contributed by atoms with Gasteiger partial charge in [-0.3, -0.25) is 4.79 Å². The van der Waals surface area contributed by atoms with E-state index in [2.05, 4.69) is 31.4 Å². The summed E-state index contributed by atoms with van der Waals surface area (Å²) in [6, 6.07) is 17.1. The molecule has 0 bridgehead atoms. The molecule has 2 aromatic carbocycles. The van der Waals surface area contributed by atoms with Crippen molar-refractivity contribution in [2.75, 3.05) is 0 Å². The van der Waals surface area contributed by atoms with Gasteiger partial charge in [0.05, 0.1) is 17.5 Å². The summed E-state index contributed by atoms with van der Waals surface area (Å²) >= 11 is 3.42. The number of hydrazone groups is 1. The molecule has 0 radical (unpaired) electrons. The average molecular weight is 437 g/mol. The fourth-order valence-corrected chi connectivity index (χ4v) is 2.93. The Morgan fingerprint density at radius 1 is 1.04 bits per heavy atom. The number of amides is 1. The Labute approximate surface area is 168 Å². The van der Waals surface area contributed by atoms with Crippen LogP contribution in [0.15, 0.2) is 82.6 Å². The number of aromatic nitrogens is 2. The first-order valence-corrected chi connectivity index (χ1v) is 9.21. The third kappa shape index (κ3) is 3.99. The summed E-state index contributed by atoms with van der Waals surface area (Å²) in [7, 11) is 0. The van der Waals surface area contributed by atoms with Crippen molar-refractivity contribution in [3.05, 3.63) is 94.5 Å². The molecule has 0 aliphatic heterocycles. The number of pyridine rings is 1. The Bertz CT molecular complexity index is 1170. The van der Waals surface area contributed by atoms with Gasteiger partial charge in [-0.05, 0) is 42.0 Å². The van der Waals surface area contributed by atoms with Gasteiger partial charge in [-0.25, -0.2) is 14.8 Å². The molecular weight excluding hydrogens is 423 g/mol. The molecule has 7 heteroatoms. The highest BCUT2D eigenvalue weighted by atomic mass is 79.9. The van der Waals surface area contributed by atoms with Crippen LogP contribution >= 0.6 is 15.9 Å². The van der Waals surface area contributed by atoms with Gasteiger partial charge in [0.1, 0.15) is 11.5 Å². The van der Waals surface area contributed by atoms with E-state index in [4.69, 9.17) is 0 Å². The van der Waals surface area contributed by atoms with Crippen LogP contribution in [0.25, 0.3) is 16.9 Å².